The molecule has 9 nitrogen and oxygen atoms in total. The van der Waals surface area contributed by atoms with Crippen molar-refractivity contribution in [3.63, 3.8) is 0 Å². The van der Waals surface area contributed by atoms with E-state index in [9.17, 15) is 19.5 Å². The second kappa shape index (κ2) is 11.5. The van der Waals surface area contributed by atoms with Gasteiger partial charge in [-0.15, -0.1) is 5.16 Å². The van der Waals surface area contributed by atoms with Gasteiger partial charge in [0, 0.05) is 20.4 Å². The van der Waals surface area contributed by atoms with Crippen molar-refractivity contribution in [1.82, 2.24) is 10.2 Å². The molecule has 0 aliphatic carbocycles. The van der Waals surface area contributed by atoms with E-state index >= 15 is 0 Å². The van der Waals surface area contributed by atoms with Gasteiger partial charge in [0.05, 0.1) is 6.21 Å². The number of rotatable bonds is 11. The smallest absolute Gasteiger partial charge is 0.326 e. The lowest BCUT2D eigenvalue weighted by Crippen LogP contribution is -2.45. The maximum Gasteiger partial charge on any atom is 0.326 e. The third-order valence-corrected chi connectivity index (χ3v) is 2.87. The van der Waals surface area contributed by atoms with E-state index in [0.29, 0.717) is 25.9 Å². The molecule has 9 heteroatoms. The summed E-state index contributed by atoms with van der Waals surface area (Å²) in [6, 6.07) is -1.03. The highest BCUT2D eigenvalue weighted by Gasteiger charge is 2.27. The number of nitrogens with zero attached hydrogens (tertiary/aromatic N) is 2. The van der Waals surface area contributed by atoms with Gasteiger partial charge >= 0.3 is 11.9 Å². The van der Waals surface area contributed by atoms with Crippen LogP contribution in [0.4, 0.5) is 0 Å². The number of esters is 1. The van der Waals surface area contributed by atoms with Crippen molar-refractivity contribution in [2.24, 2.45) is 5.16 Å². The molecule has 126 valence electrons. The van der Waals surface area contributed by atoms with E-state index in [2.05, 4.69) is 10.5 Å². The summed E-state index contributed by atoms with van der Waals surface area (Å²) in [5.74, 6) is -2.18. The first-order valence-corrected chi connectivity index (χ1v) is 6.90. The van der Waals surface area contributed by atoms with Crippen LogP contribution < -0.4 is 5.32 Å². The molecule has 0 spiro atoms. The van der Waals surface area contributed by atoms with E-state index in [-0.39, 0.29) is 13.2 Å². The quantitative estimate of drug-likeness (QED) is 0.122. The van der Waals surface area contributed by atoms with Gasteiger partial charge in [0.25, 0.3) is 0 Å². The molecule has 0 radical (unpaired) electrons. The Hall–Kier alpha value is -2.16. The summed E-state index contributed by atoms with van der Waals surface area (Å²) in [4.78, 5) is 34.7. The molecule has 22 heavy (non-hydrogen) atoms. The van der Waals surface area contributed by atoms with Crippen molar-refractivity contribution in [2.45, 2.75) is 39.2 Å². The maximum atomic E-state index is 11.5. The number of unbranched alkanes of at least 4 members (excludes halogenated alkanes) is 1. The summed E-state index contributed by atoms with van der Waals surface area (Å²) < 4.78 is 4.72. The van der Waals surface area contributed by atoms with Crippen LogP contribution in [0.15, 0.2) is 5.16 Å². The third-order valence-electron chi connectivity index (χ3n) is 2.87. The van der Waals surface area contributed by atoms with Crippen LogP contribution in [0, 0.1) is 0 Å². The minimum absolute atomic E-state index is 0.256. The summed E-state index contributed by atoms with van der Waals surface area (Å²) in [5.41, 5.74) is 0. The molecule has 0 saturated heterocycles. The Kier molecular flexibility index (Phi) is 10.4. The number of hydrogen-bond acceptors (Lipinski definition) is 7. The molecule has 0 aliphatic heterocycles. The lowest BCUT2D eigenvalue weighted by atomic mass is 10.1. The van der Waals surface area contributed by atoms with Gasteiger partial charge in [-0.25, -0.2) is 4.79 Å². The lowest BCUT2D eigenvalue weighted by Gasteiger charge is -2.27. The first-order chi connectivity index (χ1) is 10.4. The first kappa shape index (κ1) is 19.8. The van der Waals surface area contributed by atoms with Crippen molar-refractivity contribution in [3.8, 4) is 0 Å². The van der Waals surface area contributed by atoms with Crippen LogP contribution >= 0.6 is 0 Å². The van der Waals surface area contributed by atoms with Crippen molar-refractivity contribution in [2.75, 3.05) is 19.8 Å². The Balaban J connectivity index is 4.33. The molecule has 0 aliphatic rings. The number of carboxylic acids is 1. The van der Waals surface area contributed by atoms with E-state index in [1.165, 1.54) is 20.1 Å². The zero-order valence-corrected chi connectivity index (χ0v) is 12.8. The molecule has 0 aromatic rings. The summed E-state index contributed by atoms with van der Waals surface area (Å²) >= 11 is 0. The molecular formula is C13H23N3O6. The number of carbonyl (C=O) groups is 3. The summed E-state index contributed by atoms with van der Waals surface area (Å²) in [7, 11) is 0. The molecule has 1 atom stereocenters. The summed E-state index contributed by atoms with van der Waals surface area (Å²) in [5, 5.41) is 23.2. The molecule has 0 aromatic heterocycles. The predicted molar refractivity (Wildman–Crippen MR) is 77.6 cm³/mol. The standard InChI is InChI=1S/C13H23N3O6/c1-10(17)16(9-22-11(2)18)12(13(19)20)5-3-4-6-14-7-8-15-21/h8,12,14,21H,3-7,9H2,1-2H3,(H,19,20)/t12-/m0/s1. The number of oxime groups is 1. The minimum atomic E-state index is -1.14. The van der Waals surface area contributed by atoms with Gasteiger partial charge in [-0.1, -0.05) is 0 Å². The molecular weight excluding hydrogens is 294 g/mol. The SMILES string of the molecule is CC(=O)OCN(C(C)=O)[C@@H](CCCCNCC=NO)C(=O)O. The Morgan fingerprint density at radius 3 is 2.50 bits per heavy atom. The third kappa shape index (κ3) is 8.90. The molecule has 0 heterocycles. The van der Waals surface area contributed by atoms with Crippen molar-refractivity contribution < 1.29 is 29.4 Å². The monoisotopic (exact) mass is 317 g/mol. The van der Waals surface area contributed by atoms with Crippen molar-refractivity contribution in [1.29, 1.82) is 0 Å². The van der Waals surface area contributed by atoms with Crippen LogP contribution in [0.2, 0.25) is 0 Å². The highest BCUT2D eigenvalue weighted by atomic mass is 16.5. The van der Waals surface area contributed by atoms with Crippen LogP contribution in [-0.4, -0.2) is 65.1 Å². The van der Waals surface area contributed by atoms with E-state index in [4.69, 9.17) is 9.94 Å². The van der Waals surface area contributed by atoms with Crippen LogP contribution in [-0.2, 0) is 19.1 Å². The van der Waals surface area contributed by atoms with Crippen molar-refractivity contribution >= 4 is 24.1 Å². The van der Waals surface area contributed by atoms with E-state index in [0.717, 1.165) is 4.90 Å². The Morgan fingerprint density at radius 1 is 1.32 bits per heavy atom. The van der Waals surface area contributed by atoms with Gasteiger partial charge in [-0.2, -0.15) is 0 Å². The Morgan fingerprint density at radius 2 is 2.00 bits per heavy atom. The molecule has 0 saturated carbocycles. The molecule has 0 rings (SSSR count). The number of amides is 1. The highest BCUT2D eigenvalue weighted by Crippen LogP contribution is 2.10. The zero-order valence-electron chi connectivity index (χ0n) is 12.8. The second-order valence-corrected chi connectivity index (χ2v) is 4.61. The number of carbonyl (C=O) groups excluding carboxylic acids is 2. The van der Waals surface area contributed by atoms with Gasteiger partial charge in [0.15, 0.2) is 6.73 Å². The lowest BCUT2D eigenvalue weighted by molar-refractivity contribution is -0.161. The number of ether oxygens (including phenoxy) is 1. The number of nitrogens with one attached hydrogen (secondary N) is 1. The Bertz CT molecular complexity index is 399. The largest absolute Gasteiger partial charge is 0.480 e. The van der Waals surface area contributed by atoms with Gasteiger partial charge in [0.2, 0.25) is 5.91 Å². The molecule has 0 unspecified atom stereocenters. The maximum absolute atomic E-state index is 11.5. The zero-order chi connectivity index (χ0) is 17.0. The van der Waals surface area contributed by atoms with Crippen LogP contribution in [0.25, 0.3) is 0 Å². The minimum Gasteiger partial charge on any atom is -0.480 e. The van der Waals surface area contributed by atoms with E-state index < -0.39 is 23.9 Å². The van der Waals surface area contributed by atoms with E-state index in [1.54, 1.807) is 0 Å². The Labute approximate surface area is 128 Å². The average Bonchev–Trinajstić information content (AvgIpc) is 2.43. The number of aliphatic carboxylic acids is 1. The van der Waals surface area contributed by atoms with Crippen LogP contribution in [0.1, 0.15) is 33.1 Å². The van der Waals surface area contributed by atoms with Crippen LogP contribution in [0.5, 0.6) is 0 Å². The predicted octanol–water partition coefficient (Wildman–Crippen LogP) is 0.0286. The number of carboxylic acid groups (broad SMARTS) is 1. The molecule has 0 aromatic carbocycles. The highest BCUT2D eigenvalue weighted by molar-refractivity contribution is 5.82. The summed E-state index contributed by atoms with van der Waals surface area (Å²) in [6.07, 6.45) is 2.83. The molecule has 1 amide bonds. The van der Waals surface area contributed by atoms with Gasteiger partial charge in [0.1, 0.15) is 6.04 Å². The summed E-state index contributed by atoms with van der Waals surface area (Å²) in [6.45, 7) is 3.10. The normalized spacial score (nSPS) is 12.1. The second-order valence-electron chi connectivity index (χ2n) is 4.61. The fraction of sp³-hybridized carbons (Fsp3) is 0.692. The topological polar surface area (TPSA) is 129 Å². The van der Waals surface area contributed by atoms with Gasteiger partial charge < -0.3 is 20.4 Å². The van der Waals surface area contributed by atoms with Crippen molar-refractivity contribution in [3.05, 3.63) is 0 Å². The van der Waals surface area contributed by atoms with Gasteiger partial charge in [-0.3, -0.25) is 14.5 Å². The molecule has 0 fully saturated rings. The van der Waals surface area contributed by atoms with Gasteiger partial charge in [-0.05, 0) is 25.8 Å². The molecule has 0 bridgehead atoms. The van der Waals surface area contributed by atoms with Crippen LogP contribution in [0.3, 0.4) is 0 Å². The number of hydrogen-bond donors (Lipinski definition) is 3. The van der Waals surface area contributed by atoms with E-state index in [1.807, 2.05) is 0 Å². The molecule has 3 N–H and O–H groups in total. The first-order valence-electron chi connectivity index (χ1n) is 6.90. The average molecular weight is 317 g/mol. The fourth-order valence-electron chi connectivity index (χ4n) is 1.77. The fourth-order valence-corrected chi connectivity index (χ4v) is 1.77.